The molecular weight excluding hydrogens is 150 g/mol. The third-order valence-electron chi connectivity index (χ3n) is 2.71. The normalized spacial score (nSPS) is 30.2. The van der Waals surface area contributed by atoms with Crippen LogP contribution in [0.2, 0.25) is 0 Å². The fourth-order valence-corrected chi connectivity index (χ4v) is 1.73. The third kappa shape index (κ3) is 2.08. The number of ether oxygens (including phenoxy) is 1. The maximum atomic E-state index is 5.10. The third-order valence-corrected chi connectivity index (χ3v) is 2.71. The zero-order valence-corrected chi connectivity index (χ0v) is 7.46. The molecule has 0 saturated carbocycles. The van der Waals surface area contributed by atoms with Gasteiger partial charge in [-0.3, -0.25) is 0 Å². The summed E-state index contributed by atoms with van der Waals surface area (Å²) in [4.78, 5) is 0. The summed E-state index contributed by atoms with van der Waals surface area (Å²) >= 11 is 0. The van der Waals surface area contributed by atoms with Crippen molar-refractivity contribution in [1.29, 1.82) is 0 Å². The van der Waals surface area contributed by atoms with Crippen molar-refractivity contribution in [2.45, 2.75) is 25.3 Å². The van der Waals surface area contributed by atoms with Gasteiger partial charge in [-0.1, -0.05) is 12.2 Å². The zero-order valence-electron chi connectivity index (χ0n) is 7.46. The molecule has 2 rings (SSSR count). The van der Waals surface area contributed by atoms with E-state index in [1.54, 1.807) is 0 Å². The Morgan fingerprint density at radius 1 is 1.33 bits per heavy atom. The molecule has 1 aliphatic carbocycles. The summed E-state index contributed by atoms with van der Waals surface area (Å²) in [6.07, 6.45) is 8.50. The molecule has 12 heavy (non-hydrogen) atoms. The van der Waals surface area contributed by atoms with E-state index in [2.05, 4.69) is 17.5 Å². The molecule has 1 heterocycles. The van der Waals surface area contributed by atoms with Crippen molar-refractivity contribution in [1.82, 2.24) is 5.32 Å². The Labute approximate surface area is 74.0 Å². The van der Waals surface area contributed by atoms with Gasteiger partial charge in [-0.15, -0.1) is 0 Å². The standard InChI is InChI=1S/C10H17NO/c1-2-4-9(5-3-1)6-11-10-7-12-8-10/h1-2,9-11H,3-8H2. The molecule has 1 atom stereocenters. The Hall–Kier alpha value is -0.340. The van der Waals surface area contributed by atoms with Crippen LogP contribution in [0.25, 0.3) is 0 Å². The molecule has 1 unspecified atom stereocenters. The van der Waals surface area contributed by atoms with Crippen molar-refractivity contribution in [3.05, 3.63) is 12.2 Å². The number of hydrogen-bond donors (Lipinski definition) is 1. The van der Waals surface area contributed by atoms with Crippen LogP contribution in [-0.2, 0) is 4.74 Å². The summed E-state index contributed by atoms with van der Waals surface area (Å²) in [6.45, 7) is 3.02. The molecule has 1 N–H and O–H groups in total. The summed E-state index contributed by atoms with van der Waals surface area (Å²) in [5.74, 6) is 0.871. The van der Waals surface area contributed by atoms with Gasteiger partial charge in [0.15, 0.2) is 0 Å². The summed E-state index contributed by atoms with van der Waals surface area (Å²) in [5.41, 5.74) is 0. The molecule has 68 valence electrons. The van der Waals surface area contributed by atoms with Gasteiger partial charge in [0.25, 0.3) is 0 Å². The van der Waals surface area contributed by atoms with Crippen LogP contribution in [0.1, 0.15) is 19.3 Å². The second-order valence-electron chi connectivity index (χ2n) is 3.79. The molecule has 0 amide bonds. The van der Waals surface area contributed by atoms with Gasteiger partial charge in [0.2, 0.25) is 0 Å². The Kier molecular flexibility index (Phi) is 2.79. The first-order valence-electron chi connectivity index (χ1n) is 4.91. The van der Waals surface area contributed by atoms with Crippen molar-refractivity contribution >= 4 is 0 Å². The largest absolute Gasteiger partial charge is 0.378 e. The van der Waals surface area contributed by atoms with Gasteiger partial charge in [-0.2, -0.15) is 0 Å². The molecule has 0 spiro atoms. The summed E-state index contributed by atoms with van der Waals surface area (Å²) in [6, 6.07) is 0.649. The van der Waals surface area contributed by atoms with Crippen molar-refractivity contribution < 1.29 is 4.74 Å². The van der Waals surface area contributed by atoms with Gasteiger partial charge in [0.1, 0.15) is 0 Å². The first-order valence-corrected chi connectivity index (χ1v) is 4.91. The number of allylic oxidation sites excluding steroid dienone is 2. The minimum Gasteiger partial charge on any atom is -0.378 e. The first-order chi connectivity index (χ1) is 5.95. The maximum absolute atomic E-state index is 5.10. The Bertz CT molecular complexity index is 163. The van der Waals surface area contributed by atoms with E-state index in [9.17, 15) is 0 Å². The van der Waals surface area contributed by atoms with Gasteiger partial charge in [-0.25, -0.2) is 0 Å². The second kappa shape index (κ2) is 4.06. The first kappa shape index (κ1) is 8.27. The lowest BCUT2D eigenvalue weighted by atomic mass is 9.94. The van der Waals surface area contributed by atoms with Crippen molar-refractivity contribution in [3.63, 3.8) is 0 Å². The highest BCUT2D eigenvalue weighted by atomic mass is 16.5. The van der Waals surface area contributed by atoms with Gasteiger partial charge in [0, 0.05) is 0 Å². The number of nitrogens with one attached hydrogen (secondary N) is 1. The van der Waals surface area contributed by atoms with Crippen molar-refractivity contribution in [3.8, 4) is 0 Å². The number of rotatable bonds is 3. The summed E-state index contributed by atoms with van der Waals surface area (Å²) in [5, 5.41) is 3.53. The predicted octanol–water partition coefficient (Wildman–Crippen LogP) is 1.33. The minimum absolute atomic E-state index is 0.649. The maximum Gasteiger partial charge on any atom is 0.0643 e. The van der Waals surface area contributed by atoms with Crippen molar-refractivity contribution in [2.24, 2.45) is 5.92 Å². The van der Waals surface area contributed by atoms with E-state index in [1.807, 2.05) is 0 Å². The average molecular weight is 167 g/mol. The highest BCUT2D eigenvalue weighted by molar-refractivity contribution is 4.91. The van der Waals surface area contributed by atoms with Gasteiger partial charge in [0.05, 0.1) is 19.3 Å². The Morgan fingerprint density at radius 2 is 2.25 bits per heavy atom. The molecular formula is C10H17NO. The minimum atomic E-state index is 0.649. The molecule has 1 fully saturated rings. The van der Waals surface area contributed by atoms with Crippen LogP contribution in [0, 0.1) is 5.92 Å². The molecule has 2 aliphatic rings. The molecule has 2 heteroatoms. The van der Waals surface area contributed by atoms with Crippen LogP contribution in [0.3, 0.4) is 0 Å². The highest BCUT2D eigenvalue weighted by Crippen LogP contribution is 2.17. The Morgan fingerprint density at radius 3 is 2.83 bits per heavy atom. The monoisotopic (exact) mass is 167 g/mol. The van der Waals surface area contributed by atoms with E-state index < -0.39 is 0 Å². The lowest BCUT2D eigenvalue weighted by Crippen LogP contribution is -2.47. The molecule has 0 bridgehead atoms. The molecule has 0 aromatic carbocycles. The van der Waals surface area contributed by atoms with E-state index in [1.165, 1.54) is 25.8 Å². The molecule has 0 radical (unpaired) electrons. The average Bonchev–Trinajstić information content (AvgIpc) is 2.04. The van der Waals surface area contributed by atoms with E-state index in [0.29, 0.717) is 6.04 Å². The molecule has 2 nitrogen and oxygen atoms in total. The van der Waals surface area contributed by atoms with E-state index in [4.69, 9.17) is 4.74 Å². The topological polar surface area (TPSA) is 21.3 Å². The van der Waals surface area contributed by atoms with Crippen LogP contribution in [0.5, 0.6) is 0 Å². The van der Waals surface area contributed by atoms with Gasteiger partial charge >= 0.3 is 0 Å². The van der Waals surface area contributed by atoms with E-state index in [-0.39, 0.29) is 0 Å². The van der Waals surface area contributed by atoms with Crippen LogP contribution < -0.4 is 5.32 Å². The summed E-state index contributed by atoms with van der Waals surface area (Å²) in [7, 11) is 0. The van der Waals surface area contributed by atoms with E-state index >= 15 is 0 Å². The summed E-state index contributed by atoms with van der Waals surface area (Å²) < 4.78 is 5.10. The molecule has 0 aromatic heterocycles. The van der Waals surface area contributed by atoms with Gasteiger partial charge < -0.3 is 10.1 Å². The number of hydrogen-bond acceptors (Lipinski definition) is 2. The quantitative estimate of drug-likeness (QED) is 0.640. The fourth-order valence-electron chi connectivity index (χ4n) is 1.73. The second-order valence-corrected chi connectivity index (χ2v) is 3.79. The van der Waals surface area contributed by atoms with Gasteiger partial charge in [-0.05, 0) is 31.7 Å². The predicted molar refractivity (Wildman–Crippen MR) is 49.1 cm³/mol. The zero-order chi connectivity index (χ0) is 8.23. The van der Waals surface area contributed by atoms with Crippen LogP contribution in [0.15, 0.2) is 12.2 Å². The van der Waals surface area contributed by atoms with Crippen molar-refractivity contribution in [2.75, 3.05) is 19.8 Å². The fraction of sp³-hybridized carbons (Fsp3) is 0.800. The van der Waals surface area contributed by atoms with E-state index in [0.717, 1.165) is 19.1 Å². The molecule has 1 saturated heterocycles. The molecule has 0 aromatic rings. The SMILES string of the molecule is C1=CCC(CNC2COC2)CC1. The molecule has 1 aliphatic heterocycles. The lowest BCUT2D eigenvalue weighted by molar-refractivity contribution is -0.00658. The lowest BCUT2D eigenvalue weighted by Gasteiger charge is -2.29. The highest BCUT2D eigenvalue weighted by Gasteiger charge is 2.19. The van der Waals surface area contributed by atoms with Crippen LogP contribution in [0.4, 0.5) is 0 Å². The Balaban J connectivity index is 1.62. The van der Waals surface area contributed by atoms with Crippen LogP contribution >= 0.6 is 0 Å². The smallest absolute Gasteiger partial charge is 0.0643 e. The van der Waals surface area contributed by atoms with Crippen LogP contribution in [-0.4, -0.2) is 25.8 Å².